The van der Waals surface area contributed by atoms with Crippen molar-refractivity contribution in [3.63, 3.8) is 0 Å². The van der Waals surface area contributed by atoms with Crippen LogP contribution in [0.3, 0.4) is 0 Å². The molecule has 3 rings (SSSR count). The van der Waals surface area contributed by atoms with E-state index in [4.69, 9.17) is 10.5 Å². The molecule has 6 nitrogen and oxygen atoms in total. The smallest absolute Gasteiger partial charge is 0.258 e. The van der Waals surface area contributed by atoms with Gasteiger partial charge in [0.15, 0.2) is 0 Å². The van der Waals surface area contributed by atoms with E-state index in [0.717, 1.165) is 13.0 Å². The predicted molar refractivity (Wildman–Crippen MR) is 104 cm³/mol. The van der Waals surface area contributed by atoms with Gasteiger partial charge in [0.05, 0.1) is 12.7 Å². The van der Waals surface area contributed by atoms with Crippen molar-refractivity contribution in [3.8, 4) is 5.75 Å². The maximum atomic E-state index is 13.0. The third-order valence-corrected chi connectivity index (χ3v) is 4.95. The van der Waals surface area contributed by atoms with E-state index < -0.39 is 11.9 Å². The first kappa shape index (κ1) is 18.9. The highest BCUT2D eigenvalue weighted by Gasteiger charge is 2.35. The summed E-state index contributed by atoms with van der Waals surface area (Å²) in [5.74, 6) is -0.209. The van der Waals surface area contributed by atoms with Crippen LogP contribution in [0.5, 0.6) is 5.75 Å². The van der Waals surface area contributed by atoms with Crippen molar-refractivity contribution in [3.05, 3.63) is 65.7 Å². The molecule has 1 fully saturated rings. The first-order chi connectivity index (χ1) is 13.1. The molecule has 2 N–H and O–H groups in total. The fourth-order valence-corrected chi connectivity index (χ4v) is 3.44. The lowest BCUT2D eigenvalue weighted by atomic mass is 10.1. The average Bonchev–Trinajstić information content (AvgIpc) is 2.72. The Balaban J connectivity index is 1.69. The molecule has 1 unspecified atom stereocenters. The maximum absolute atomic E-state index is 13.0. The van der Waals surface area contributed by atoms with Crippen molar-refractivity contribution in [2.75, 3.05) is 33.3 Å². The SMILES string of the molecule is COc1ccccc1C(=O)N1CCN(CCc2ccccc2)CC1C(N)=O. The van der Waals surface area contributed by atoms with Gasteiger partial charge in [-0.2, -0.15) is 0 Å². The molecule has 27 heavy (non-hydrogen) atoms. The number of hydrogen-bond acceptors (Lipinski definition) is 4. The number of hydrogen-bond donors (Lipinski definition) is 1. The fourth-order valence-electron chi connectivity index (χ4n) is 3.44. The molecule has 1 aliphatic heterocycles. The highest BCUT2D eigenvalue weighted by molar-refractivity contribution is 5.99. The minimum atomic E-state index is -0.646. The molecule has 0 aliphatic carbocycles. The number of carbonyl (C=O) groups excluding carboxylic acids is 2. The number of benzene rings is 2. The van der Waals surface area contributed by atoms with Crippen molar-refractivity contribution in [1.29, 1.82) is 0 Å². The van der Waals surface area contributed by atoms with E-state index in [-0.39, 0.29) is 5.91 Å². The van der Waals surface area contributed by atoms with E-state index in [0.29, 0.717) is 30.9 Å². The lowest BCUT2D eigenvalue weighted by molar-refractivity contribution is -0.124. The number of methoxy groups -OCH3 is 1. The third kappa shape index (κ3) is 4.46. The summed E-state index contributed by atoms with van der Waals surface area (Å²) < 4.78 is 5.29. The Hall–Kier alpha value is -2.86. The van der Waals surface area contributed by atoms with Crippen molar-refractivity contribution >= 4 is 11.8 Å². The van der Waals surface area contributed by atoms with E-state index in [1.54, 1.807) is 23.1 Å². The summed E-state index contributed by atoms with van der Waals surface area (Å²) in [6.45, 7) is 2.43. The van der Waals surface area contributed by atoms with Gasteiger partial charge in [-0.3, -0.25) is 14.5 Å². The topological polar surface area (TPSA) is 75.9 Å². The van der Waals surface area contributed by atoms with Crippen LogP contribution in [0.15, 0.2) is 54.6 Å². The average molecular weight is 367 g/mol. The van der Waals surface area contributed by atoms with Gasteiger partial charge < -0.3 is 15.4 Å². The van der Waals surface area contributed by atoms with Gasteiger partial charge in [-0.05, 0) is 24.1 Å². The zero-order valence-electron chi connectivity index (χ0n) is 15.5. The van der Waals surface area contributed by atoms with E-state index >= 15 is 0 Å². The lowest BCUT2D eigenvalue weighted by Gasteiger charge is -2.40. The van der Waals surface area contributed by atoms with Crippen molar-refractivity contribution < 1.29 is 14.3 Å². The lowest BCUT2D eigenvalue weighted by Crippen LogP contribution is -2.60. The minimum absolute atomic E-state index is 0.223. The molecule has 1 aliphatic rings. The molecule has 0 saturated carbocycles. The molecule has 1 heterocycles. The Bertz CT molecular complexity index is 794. The third-order valence-electron chi connectivity index (χ3n) is 4.95. The van der Waals surface area contributed by atoms with Crippen molar-refractivity contribution in [2.24, 2.45) is 5.73 Å². The van der Waals surface area contributed by atoms with E-state index in [1.807, 2.05) is 24.3 Å². The molecule has 0 bridgehead atoms. The van der Waals surface area contributed by atoms with E-state index in [2.05, 4.69) is 17.0 Å². The minimum Gasteiger partial charge on any atom is -0.496 e. The number of piperazine rings is 1. The molecular formula is C21H25N3O3. The van der Waals surface area contributed by atoms with Gasteiger partial charge in [0, 0.05) is 26.2 Å². The number of nitrogens with two attached hydrogens (primary N) is 1. The summed E-state index contributed by atoms with van der Waals surface area (Å²) in [6, 6.07) is 16.6. The Morgan fingerprint density at radius 1 is 1.07 bits per heavy atom. The maximum Gasteiger partial charge on any atom is 0.258 e. The van der Waals surface area contributed by atoms with E-state index in [1.165, 1.54) is 12.7 Å². The molecule has 2 aromatic carbocycles. The molecule has 0 aromatic heterocycles. The zero-order chi connectivity index (χ0) is 19.2. The highest BCUT2D eigenvalue weighted by atomic mass is 16.5. The van der Waals surface area contributed by atoms with Gasteiger partial charge in [0.1, 0.15) is 11.8 Å². The predicted octanol–water partition coefficient (Wildman–Crippen LogP) is 1.55. The summed E-state index contributed by atoms with van der Waals surface area (Å²) in [5, 5.41) is 0. The molecule has 0 radical (unpaired) electrons. The summed E-state index contributed by atoms with van der Waals surface area (Å²) in [5.41, 5.74) is 7.32. The quantitative estimate of drug-likeness (QED) is 0.841. The first-order valence-electron chi connectivity index (χ1n) is 9.09. The summed E-state index contributed by atoms with van der Waals surface area (Å²) in [6.07, 6.45) is 0.896. The molecular weight excluding hydrogens is 342 g/mol. The highest BCUT2D eigenvalue weighted by Crippen LogP contribution is 2.22. The van der Waals surface area contributed by atoms with Gasteiger partial charge in [0.25, 0.3) is 5.91 Å². The van der Waals surface area contributed by atoms with Crippen LogP contribution in [0.2, 0.25) is 0 Å². The van der Waals surface area contributed by atoms with E-state index in [9.17, 15) is 9.59 Å². The molecule has 6 heteroatoms. The van der Waals surface area contributed by atoms with Crippen LogP contribution in [0.4, 0.5) is 0 Å². The number of para-hydroxylation sites is 1. The largest absolute Gasteiger partial charge is 0.496 e. The second kappa shape index (κ2) is 8.68. The van der Waals surface area contributed by atoms with Gasteiger partial charge in [-0.15, -0.1) is 0 Å². The van der Waals surface area contributed by atoms with Crippen LogP contribution in [0.1, 0.15) is 15.9 Å². The van der Waals surface area contributed by atoms with Crippen molar-refractivity contribution in [2.45, 2.75) is 12.5 Å². The number of nitrogens with zero attached hydrogens (tertiary/aromatic N) is 2. The van der Waals surface area contributed by atoms with Crippen LogP contribution in [0.25, 0.3) is 0 Å². The summed E-state index contributed by atoms with van der Waals surface area (Å²) in [4.78, 5) is 28.8. The molecule has 1 saturated heterocycles. The van der Waals surface area contributed by atoms with Crippen LogP contribution < -0.4 is 10.5 Å². The molecule has 2 aromatic rings. The summed E-state index contributed by atoms with van der Waals surface area (Å²) >= 11 is 0. The number of carbonyl (C=O) groups is 2. The second-order valence-electron chi connectivity index (χ2n) is 6.65. The van der Waals surface area contributed by atoms with Gasteiger partial charge in [-0.1, -0.05) is 42.5 Å². The van der Waals surface area contributed by atoms with Crippen LogP contribution in [0, 0.1) is 0 Å². The monoisotopic (exact) mass is 367 g/mol. The fraction of sp³-hybridized carbons (Fsp3) is 0.333. The zero-order valence-corrected chi connectivity index (χ0v) is 15.5. The Morgan fingerprint density at radius 3 is 2.48 bits per heavy atom. The Kier molecular flexibility index (Phi) is 6.08. The van der Waals surface area contributed by atoms with Gasteiger partial charge in [-0.25, -0.2) is 0 Å². The summed E-state index contributed by atoms with van der Waals surface area (Å²) in [7, 11) is 1.53. The van der Waals surface area contributed by atoms with Crippen LogP contribution in [-0.4, -0.2) is 60.9 Å². The second-order valence-corrected chi connectivity index (χ2v) is 6.65. The standard InChI is InChI=1S/C21H25N3O3/c1-27-19-10-6-5-9-17(19)21(26)24-14-13-23(15-18(24)20(22)25)12-11-16-7-3-2-4-8-16/h2-10,18H,11-15H2,1H3,(H2,22,25). The van der Waals surface area contributed by atoms with Crippen LogP contribution >= 0.6 is 0 Å². The molecule has 2 amide bonds. The number of amides is 2. The first-order valence-corrected chi connectivity index (χ1v) is 9.09. The molecule has 1 atom stereocenters. The van der Waals surface area contributed by atoms with Gasteiger partial charge in [0.2, 0.25) is 5.91 Å². The number of primary amides is 1. The number of rotatable bonds is 6. The molecule has 0 spiro atoms. The Morgan fingerprint density at radius 2 is 1.78 bits per heavy atom. The molecule has 142 valence electrons. The van der Waals surface area contributed by atoms with Gasteiger partial charge >= 0.3 is 0 Å². The Labute approximate surface area is 159 Å². The normalized spacial score (nSPS) is 17.5. The van der Waals surface area contributed by atoms with Crippen molar-refractivity contribution in [1.82, 2.24) is 9.80 Å². The number of ether oxygens (including phenoxy) is 1. The van der Waals surface area contributed by atoms with Crippen LogP contribution in [-0.2, 0) is 11.2 Å².